The van der Waals surface area contributed by atoms with Crippen molar-refractivity contribution >= 4 is 17.8 Å². The number of benzene rings is 1. The van der Waals surface area contributed by atoms with E-state index in [1.807, 2.05) is 0 Å². The monoisotopic (exact) mass is 414 g/mol. The minimum Gasteiger partial charge on any atom is -0.508 e. The number of carbonyl (C=O) groups excluding carboxylic acids is 3. The Hall–Kier alpha value is -3.89. The topological polar surface area (TPSA) is 131 Å². The third kappa shape index (κ3) is 2.41. The molecular formula is C19H18N4O7. The summed E-state index contributed by atoms with van der Waals surface area (Å²) in [4.78, 5) is 65.3. The standard InChI is InChI=1S/C19H18N4O7/c1-20-14(25)12(15(26)21(2)18(20)28)11-9-6-5-8(24)7-10(9)30-17-13(11)16(27)22(3)19(29)23(17)4/h5-7,11-12,24H,1-4H3/t11-/m0/s1. The maximum atomic E-state index is 13.1. The van der Waals surface area contributed by atoms with Gasteiger partial charge in [0.15, 0.2) is 0 Å². The van der Waals surface area contributed by atoms with Gasteiger partial charge in [-0.25, -0.2) is 9.59 Å². The molecule has 1 fully saturated rings. The summed E-state index contributed by atoms with van der Waals surface area (Å²) in [6, 6.07) is 3.26. The van der Waals surface area contributed by atoms with Gasteiger partial charge in [-0.05, 0) is 6.07 Å². The lowest BCUT2D eigenvalue weighted by Gasteiger charge is -2.38. The molecule has 30 heavy (non-hydrogen) atoms. The maximum Gasteiger partial charge on any atom is 0.333 e. The minimum absolute atomic E-state index is 0.0550. The van der Waals surface area contributed by atoms with Gasteiger partial charge in [0, 0.05) is 45.7 Å². The number of nitrogens with zero attached hydrogens (tertiary/aromatic N) is 4. The van der Waals surface area contributed by atoms with Crippen molar-refractivity contribution in [2.45, 2.75) is 5.92 Å². The van der Waals surface area contributed by atoms with E-state index in [1.54, 1.807) is 0 Å². The predicted octanol–water partition coefficient (Wildman–Crippen LogP) is -0.306. The molecule has 1 N–H and O–H groups in total. The molecular weight excluding hydrogens is 396 g/mol. The fourth-order valence-corrected chi connectivity index (χ4v) is 3.94. The Balaban J connectivity index is 2.07. The van der Waals surface area contributed by atoms with Crippen molar-refractivity contribution in [1.82, 2.24) is 18.9 Å². The van der Waals surface area contributed by atoms with Crippen LogP contribution >= 0.6 is 0 Å². The van der Waals surface area contributed by atoms with E-state index in [9.17, 15) is 29.1 Å². The van der Waals surface area contributed by atoms with Gasteiger partial charge in [-0.15, -0.1) is 0 Å². The molecule has 11 nitrogen and oxygen atoms in total. The second kappa shape index (κ2) is 6.31. The van der Waals surface area contributed by atoms with Crippen LogP contribution < -0.4 is 16.0 Å². The number of fused-ring (bicyclic) bond motifs is 2. The van der Waals surface area contributed by atoms with Crippen molar-refractivity contribution in [2.24, 2.45) is 20.0 Å². The molecule has 156 valence electrons. The molecule has 4 amide bonds. The first kappa shape index (κ1) is 19.4. The van der Waals surface area contributed by atoms with Crippen molar-refractivity contribution in [2.75, 3.05) is 14.1 Å². The third-order valence-electron chi connectivity index (χ3n) is 5.59. The molecule has 0 spiro atoms. The van der Waals surface area contributed by atoms with E-state index in [4.69, 9.17) is 4.74 Å². The number of ether oxygens (including phenoxy) is 1. The lowest BCUT2D eigenvalue weighted by atomic mass is 9.77. The van der Waals surface area contributed by atoms with Crippen LogP contribution in [0.25, 0.3) is 0 Å². The molecule has 1 atom stereocenters. The van der Waals surface area contributed by atoms with Crippen LogP contribution in [0.3, 0.4) is 0 Å². The van der Waals surface area contributed by atoms with Crippen LogP contribution in [-0.2, 0) is 23.7 Å². The first-order valence-corrected chi connectivity index (χ1v) is 8.96. The van der Waals surface area contributed by atoms with Gasteiger partial charge < -0.3 is 9.84 Å². The SMILES string of the molecule is CN1C(=O)C([C@@H]2c3ccc(O)cc3Oc3c2c(=O)n(C)c(=O)n3C)C(=O)N(C)C1=O. The Bertz CT molecular complexity index is 1230. The van der Waals surface area contributed by atoms with Gasteiger partial charge in [-0.1, -0.05) is 6.07 Å². The summed E-state index contributed by atoms with van der Waals surface area (Å²) in [7, 11) is 5.16. The number of phenolic OH excluding ortho intramolecular Hbond substituents is 1. The molecule has 0 radical (unpaired) electrons. The minimum atomic E-state index is -1.44. The van der Waals surface area contributed by atoms with Crippen LogP contribution in [0.5, 0.6) is 17.4 Å². The van der Waals surface area contributed by atoms with Crippen molar-refractivity contribution in [3.8, 4) is 17.4 Å². The number of phenols is 1. The Kier molecular flexibility index (Phi) is 4.08. The van der Waals surface area contributed by atoms with Crippen molar-refractivity contribution < 1.29 is 24.2 Å². The maximum absolute atomic E-state index is 13.1. The number of hydrogen-bond donors (Lipinski definition) is 1. The fraction of sp³-hybridized carbons (Fsp3) is 0.316. The Morgan fingerprint density at radius 1 is 0.867 bits per heavy atom. The number of hydrogen-bond acceptors (Lipinski definition) is 7. The highest BCUT2D eigenvalue weighted by molar-refractivity contribution is 6.16. The van der Waals surface area contributed by atoms with Gasteiger partial charge in [-0.2, -0.15) is 0 Å². The van der Waals surface area contributed by atoms with Crippen LogP contribution in [0.4, 0.5) is 4.79 Å². The summed E-state index contributed by atoms with van der Waals surface area (Å²) in [5.74, 6) is -4.31. The largest absolute Gasteiger partial charge is 0.508 e. The second-order valence-electron chi connectivity index (χ2n) is 7.28. The second-order valence-corrected chi connectivity index (χ2v) is 7.28. The van der Waals surface area contributed by atoms with Gasteiger partial charge >= 0.3 is 11.7 Å². The average molecular weight is 414 g/mol. The van der Waals surface area contributed by atoms with E-state index in [1.165, 1.54) is 46.4 Å². The fourth-order valence-electron chi connectivity index (χ4n) is 3.94. The zero-order valence-corrected chi connectivity index (χ0v) is 16.6. The van der Waals surface area contributed by atoms with Gasteiger partial charge in [0.2, 0.25) is 17.7 Å². The highest BCUT2D eigenvalue weighted by Gasteiger charge is 2.51. The van der Waals surface area contributed by atoms with E-state index < -0.39 is 40.9 Å². The number of urea groups is 1. The van der Waals surface area contributed by atoms with E-state index >= 15 is 0 Å². The van der Waals surface area contributed by atoms with Crippen LogP contribution in [0.2, 0.25) is 0 Å². The summed E-state index contributed by atoms with van der Waals surface area (Å²) in [6.45, 7) is 0. The highest BCUT2D eigenvalue weighted by atomic mass is 16.5. The summed E-state index contributed by atoms with van der Waals surface area (Å²) >= 11 is 0. The normalized spacial score (nSPS) is 18.9. The Morgan fingerprint density at radius 2 is 1.47 bits per heavy atom. The van der Waals surface area contributed by atoms with Gasteiger partial charge in [0.05, 0.1) is 5.56 Å². The van der Waals surface area contributed by atoms with E-state index in [2.05, 4.69) is 0 Å². The quantitative estimate of drug-likeness (QED) is 0.634. The van der Waals surface area contributed by atoms with E-state index in [0.717, 1.165) is 18.9 Å². The molecule has 1 aromatic heterocycles. The third-order valence-corrected chi connectivity index (χ3v) is 5.59. The van der Waals surface area contributed by atoms with Crippen molar-refractivity contribution in [3.05, 3.63) is 50.2 Å². The molecule has 3 heterocycles. The summed E-state index contributed by atoms with van der Waals surface area (Å²) in [5.41, 5.74) is -1.13. The predicted molar refractivity (Wildman–Crippen MR) is 101 cm³/mol. The highest BCUT2D eigenvalue weighted by Crippen LogP contribution is 2.47. The van der Waals surface area contributed by atoms with Crippen molar-refractivity contribution in [1.29, 1.82) is 0 Å². The van der Waals surface area contributed by atoms with Gasteiger partial charge in [-0.3, -0.25) is 33.3 Å². The number of barbiturate groups is 1. The van der Waals surface area contributed by atoms with Crippen LogP contribution in [0.15, 0.2) is 27.8 Å². The number of aromatic nitrogens is 2. The molecule has 0 bridgehead atoms. The number of rotatable bonds is 1. The van der Waals surface area contributed by atoms with Crippen LogP contribution in [0.1, 0.15) is 17.0 Å². The van der Waals surface area contributed by atoms with Crippen LogP contribution in [-0.4, -0.2) is 56.0 Å². The molecule has 4 rings (SSSR count). The zero-order valence-electron chi connectivity index (χ0n) is 16.6. The number of amides is 4. The first-order valence-electron chi connectivity index (χ1n) is 8.96. The lowest BCUT2D eigenvalue weighted by molar-refractivity contribution is -0.148. The van der Waals surface area contributed by atoms with Crippen LogP contribution in [0, 0.1) is 5.92 Å². The summed E-state index contributed by atoms with van der Waals surface area (Å²) < 4.78 is 7.69. The molecule has 1 aromatic carbocycles. The number of imide groups is 2. The molecule has 2 aliphatic heterocycles. The smallest absolute Gasteiger partial charge is 0.333 e. The first-order chi connectivity index (χ1) is 14.1. The zero-order chi connectivity index (χ0) is 22.1. The lowest BCUT2D eigenvalue weighted by Crippen LogP contribution is -2.59. The molecule has 1 saturated heterocycles. The molecule has 2 aromatic rings. The van der Waals surface area contributed by atoms with Gasteiger partial charge in [0.1, 0.15) is 17.4 Å². The molecule has 0 saturated carbocycles. The molecule has 2 aliphatic rings. The molecule has 11 heteroatoms. The number of aromatic hydroxyl groups is 1. The molecule has 0 aliphatic carbocycles. The van der Waals surface area contributed by atoms with E-state index in [-0.39, 0.29) is 22.9 Å². The van der Waals surface area contributed by atoms with Crippen molar-refractivity contribution in [3.63, 3.8) is 0 Å². The molecule has 0 unspecified atom stereocenters. The Morgan fingerprint density at radius 3 is 2.07 bits per heavy atom. The summed E-state index contributed by atoms with van der Waals surface area (Å²) in [6.07, 6.45) is 0. The average Bonchev–Trinajstić information content (AvgIpc) is 2.72. The summed E-state index contributed by atoms with van der Waals surface area (Å²) in [5, 5.41) is 9.87. The van der Waals surface area contributed by atoms with Gasteiger partial charge in [0.25, 0.3) is 5.56 Å². The Labute approximate surface area is 169 Å². The number of carbonyl (C=O) groups is 3. The van der Waals surface area contributed by atoms with E-state index in [0.29, 0.717) is 5.56 Å².